The molecule has 21 heavy (non-hydrogen) atoms. The van der Waals surface area contributed by atoms with Crippen molar-refractivity contribution in [1.29, 1.82) is 0 Å². The molecule has 0 spiro atoms. The van der Waals surface area contributed by atoms with Crippen molar-refractivity contribution in [3.8, 4) is 0 Å². The van der Waals surface area contributed by atoms with Crippen LogP contribution >= 0.6 is 0 Å². The second-order valence-corrected chi connectivity index (χ2v) is 7.47. The van der Waals surface area contributed by atoms with E-state index in [1.54, 1.807) is 0 Å². The molecule has 0 radical (unpaired) electrons. The van der Waals surface area contributed by atoms with Gasteiger partial charge in [0.25, 0.3) is 0 Å². The summed E-state index contributed by atoms with van der Waals surface area (Å²) in [4.78, 5) is 2.80. The van der Waals surface area contributed by atoms with Crippen LogP contribution in [0.15, 0.2) is 0 Å². The van der Waals surface area contributed by atoms with Gasteiger partial charge in [0.15, 0.2) is 0 Å². The van der Waals surface area contributed by atoms with E-state index in [-0.39, 0.29) is 0 Å². The Bertz CT molecular complexity index is 276. The monoisotopic (exact) mass is 296 g/mol. The molecule has 0 amide bonds. The molecule has 124 valence electrons. The summed E-state index contributed by atoms with van der Waals surface area (Å²) in [6, 6.07) is 1.42. The van der Waals surface area contributed by atoms with Gasteiger partial charge in [-0.3, -0.25) is 4.90 Å². The van der Waals surface area contributed by atoms with Gasteiger partial charge in [0, 0.05) is 24.5 Å². The third-order valence-corrected chi connectivity index (χ3v) is 5.16. The zero-order chi connectivity index (χ0) is 15.1. The van der Waals surface area contributed by atoms with Crippen molar-refractivity contribution in [3.63, 3.8) is 0 Å². The Morgan fingerprint density at radius 2 is 1.95 bits per heavy atom. The topological polar surface area (TPSA) is 24.5 Å². The number of hydrogen-bond acceptors (Lipinski definition) is 3. The van der Waals surface area contributed by atoms with E-state index >= 15 is 0 Å². The summed E-state index contributed by atoms with van der Waals surface area (Å²) in [5, 5.41) is 3.69. The van der Waals surface area contributed by atoms with Crippen molar-refractivity contribution in [2.75, 3.05) is 32.8 Å². The van der Waals surface area contributed by atoms with Crippen LogP contribution in [0, 0.1) is 11.8 Å². The first-order valence-electron chi connectivity index (χ1n) is 9.25. The third kappa shape index (κ3) is 5.54. The van der Waals surface area contributed by atoms with Gasteiger partial charge in [-0.25, -0.2) is 0 Å². The number of nitrogens with one attached hydrogen (secondary N) is 1. The van der Waals surface area contributed by atoms with E-state index in [1.807, 2.05) is 0 Å². The summed E-state index contributed by atoms with van der Waals surface area (Å²) in [6.07, 6.45) is 8.24. The fourth-order valence-corrected chi connectivity index (χ4v) is 3.75. The van der Waals surface area contributed by atoms with E-state index in [2.05, 4.69) is 31.0 Å². The zero-order valence-corrected chi connectivity index (χ0v) is 14.4. The SMILES string of the molecule is CCCNC1COCC1CN(CCC(C)C)C1CCCC1. The van der Waals surface area contributed by atoms with E-state index in [0.717, 1.165) is 31.7 Å². The van der Waals surface area contributed by atoms with Crippen molar-refractivity contribution in [2.24, 2.45) is 11.8 Å². The number of hydrogen-bond donors (Lipinski definition) is 1. The lowest BCUT2D eigenvalue weighted by atomic mass is 10.0. The minimum absolute atomic E-state index is 0.577. The van der Waals surface area contributed by atoms with Gasteiger partial charge in [-0.1, -0.05) is 33.6 Å². The smallest absolute Gasteiger partial charge is 0.0623 e. The summed E-state index contributed by atoms with van der Waals surface area (Å²) in [6.45, 7) is 12.4. The number of ether oxygens (including phenoxy) is 1. The van der Waals surface area contributed by atoms with Gasteiger partial charge in [0.05, 0.1) is 13.2 Å². The minimum Gasteiger partial charge on any atom is -0.379 e. The average molecular weight is 296 g/mol. The molecule has 0 aromatic rings. The normalized spacial score (nSPS) is 27.3. The van der Waals surface area contributed by atoms with E-state index in [4.69, 9.17) is 4.74 Å². The summed E-state index contributed by atoms with van der Waals surface area (Å²) < 4.78 is 5.77. The predicted octanol–water partition coefficient (Wildman–Crippen LogP) is 3.29. The van der Waals surface area contributed by atoms with Crippen LogP contribution in [0.3, 0.4) is 0 Å². The fourth-order valence-electron chi connectivity index (χ4n) is 3.75. The van der Waals surface area contributed by atoms with Crippen LogP contribution in [-0.2, 0) is 4.74 Å². The quantitative estimate of drug-likeness (QED) is 0.706. The van der Waals surface area contributed by atoms with Crippen LogP contribution in [0.25, 0.3) is 0 Å². The molecule has 1 aliphatic heterocycles. The van der Waals surface area contributed by atoms with E-state index in [1.165, 1.54) is 51.6 Å². The van der Waals surface area contributed by atoms with Crippen molar-refractivity contribution in [2.45, 2.75) is 71.4 Å². The molecule has 2 fully saturated rings. The minimum atomic E-state index is 0.577. The van der Waals surface area contributed by atoms with Crippen LogP contribution in [0.4, 0.5) is 0 Å². The Morgan fingerprint density at radius 1 is 1.19 bits per heavy atom. The molecule has 2 rings (SSSR count). The standard InChI is InChI=1S/C18H36N2O/c1-4-10-19-18-14-21-13-16(18)12-20(11-9-15(2)3)17-7-5-6-8-17/h15-19H,4-14H2,1-3H3. The molecule has 1 heterocycles. The second kappa shape index (κ2) is 9.12. The zero-order valence-electron chi connectivity index (χ0n) is 14.4. The van der Waals surface area contributed by atoms with Crippen LogP contribution < -0.4 is 5.32 Å². The molecule has 2 unspecified atom stereocenters. The lowest BCUT2D eigenvalue weighted by Gasteiger charge is -2.33. The molecule has 2 atom stereocenters. The van der Waals surface area contributed by atoms with Crippen LogP contribution in [0.5, 0.6) is 0 Å². The maximum Gasteiger partial charge on any atom is 0.0623 e. The summed E-state index contributed by atoms with van der Waals surface area (Å²) in [5.41, 5.74) is 0. The molecule has 2 aliphatic rings. The number of nitrogens with zero attached hydrogens (tertiary/aromatic N) is 1. The van der Waals surface area contributed by atoms with Gasteiger partial charge in [-0.2, -0.15) is 0 Å². The second-order valence-electron chi connectivity index (χ2n) is 7.47. The highest BCUT2D eigenvalue weighted by molar-refractivity contribution is 4.87. The summed E-state index contributed by atoms with van der Waals surface area (Å²) >= 11 is 0. The highest BCUT2D eigenvalue weighted by Crippen LogP contribution is 2.26. The summed E-state index contributed by atoms with van der Waals surface area (Å²) in [5.74, 6) is 1.49. The molecule has 0 aromatic carbocycles. The predicted molar refractivity (Wildman–Crippen MR) is 89.7 cm³/mol. The molecule has 0 bridgehead atoms. The van der Waals surface area contributed by atoms with Gasteiger partial charge >= 0.3 is 0 Å². The largest absolute Gasteiger partial charge is 0.379 e. The molecule has 3 nitrogen and oxygen atoms in total. The maximum absolute atomic E-state index is 5.77. The van der Waals surface area contributed by atoms with Crippen molar-refractivity contribution in [1.82, 2.24) is 10.2 Å². The molecular formula is C18H36N2O. The molecule has 0 aromatic heterocycles. The highest BCUT2D eigenvalue weighted by Gasteiger charge is 2.32. The van der Waals surface area contributed by atoms with Crippen molar-refractivity contribution >= 4 is 0 Å². The van der Waals surface area contributed by atoms with Gasteiger partial charge in [0.1, 0.15) is 0 Å². The maximum atomic E-state index is 5.77. The van der Waals surface area contributed by atoms with Crippen LogP contribution in [0.1, 0.15) is 59.3 Å². The number of rotatable bonds is 9. The lowest BCUT2D eigenvalue weighted by molar-refractivity contribution is 0.137. The van der Waals surface area contributed by atoms with Crippen molar-refractivity contribution < 1.29 is 4.74 Å². The van der Waals surface area contributed by atoms with Gasteiger partial charge < -0.3 is 10.1 Å². The Labute approximate surface area is 131 Å². The van der Waals surface area contributed by atoms with Crippen molar-refractivity contribution in [3.05, 3.63) is 0 Å². The fraction of sp³-hybridized carbons (Fsp3) is 1.00. The first-order valence-corrected chi connectivity index (χ1v) is 9.25. The Kier molecular flexibility index (Phi) is 7.48. The Morgan fingerprint density at radius 3 is 2.62 bits per heavy atom. The molecule has 1 aliphatic carbocycles. The summed E-state index contributed by atoms with van der Waals surface area (Å²) in [7, 11) is 0. The lowest BCUT2D eigenvalue weighted by Crippen LogP contribution is -2.45. The first kappa shape index (κ1) is 17.2. The van der Waals surface area contributed by atoms with Gasteiger partial charge in [-0.05, 0) is 44.7 Å². The van der Waals surface area contributed by atoms with Gasteiger partial charge in [-0.15, -0.1) is 0 Å². The van der Waals surface area contributed by atoms with Crippen LogP contribution in [0.2, 0.25) is 0 Å². The van der Waals surface area contributed by atoms with Crippen LogP contribution in [-0.4, -0.2) is 49.8 Å². The Balaban J connectivity index is 1.86. The molecular weight excluding hydrogens is 260 g/mol. The Hall–Kier alpha value is -0.120. The van der Waals surface area contributed by atoms with E-state index in [0.29, 0.717) is 12.0 Å². The molecule has 1 saturated heterocycles. The molecule has 1 saturated carbocycles. The first-order chi connectivity index (χ1) is 10.2. The molecule has 1 N–H and O–H groups in total. The van der Waals surface area contributed by atoms with E-state index < -0.39 is 0 Å². The molecule has 3 heteroatoms. The van der Waals surface area contributed by atoms with E-state index in [9.17, 15) is 0 Å². The average Bonchev–Trinajstić information content (AvgIpc) is 3.12. The third-order valence-electron chi connectivity index (χ3n) is 5.16. The highest BCUT2D eigenvalue weighted by atomic mass is 16.5. The van der Waals surface area contributed by atoms with Gasteiger partial charge in [0.2, 0.25) is 0 Å².